The number of para-hydroxylation sites is 1. The van der Waals surface area contributed by atoms with Gasteiger partial charge in [0.15, 0.2) is 0 Å². The Morgan fingerprint density at radius 2 is 1.52 bits per heavy atom. The molecule has 0 unspecified atom stereocenters. The smallest absolute Gasteiger partial charge is 0.200 e. The number of nitrogens with zero attached hydrogens (tertiary/aromatic N) is 3. The topological polar surface area (TPSA) is 32.0 Å². The molecule has 108 valence electrons. The fourth-order valence-corrected chi connectivity index (χ4v) is 2.56. The Labute approximate surface area is 124 Å². The van der Waals surface area contributed by atoms with Gasteiger partial charge < -0.3 is 14.2 Å². The number of furan rings is 1. The van der Waals surface area contributed by atoms with Crippen molar-refractivity contribution in [2.24, 2.45) is 4.99 Å². The van der Waals surface area contributed by atoms with E-state index in [0.717, 1.165) is 33.6 Å². The number of hydrogen-bond donors (Lipinski definition) is 0. The molecule has 0 bridgehead atoms. The van der Waals surface area contributed by atoms with Crippen molar-refractivity contribution >= 4 is 33.6 Å². The van der Waals surface area contributed by atoms with Crippen LogP contribution in [0, 0.1) is 0 Å². The normalized spacial score (nSPS) is 10.9. The number of hydrogen-bond acceptors (Lipinski definition) is 2. The monoisotopic (exact) mass is 281 g/mol. The Morgan fingerprint density at radius 1 is 0.857 bits per heavy atom. The fraction of sp³-hybridized carbons (Fsp3) is 0.235. The van der Waals surface area contributed by atoms with Crippen molar-refractivity contribution in [2.75, 3.05) is 28.2 Å². The van der Waals surface area contributed by atoms with Crippen molar-refractivity contribution < 1.29 is 4.42 Å². The van der Waals surface area contributed by atoms with Crippen LogP contribution in [-0.4, -0.2) is 44.0 Å². The molecule has 0 spiro atoms. The van der Waals surface area contributed by atoms with E-state index in [-0.39, 0.29) is 0 Å². The predicted molar refractivity (Wildman–Crippen MR) is 88.2 cm³/mol. The van der Waals surface area contributed by atoms with Crippen LogP contribution in [0.15, 0.2) is 51.9 Å². The molecule has 3 rings (SSSR count). The van der Waals surface area contributed by atoms with Crippen molar-refractivity contribution in [1.82, 2.24) is 9.80 Å². The highest BCUT2D eigenvalue weighted by atomic mass is 16.3. The number of aliphatic imine (C=N–C) groups is 1. The van der Waals surface area contributed by atoms with E-state index in [4.69, 9.17) is 9.41 Å². The van der Waals surface area contributed by atoms with Crippen molar-refractivity contribution in [3.8, 4) is 0 Å². The first-order chi connectivity index (χ1) is 10.1. The second-order valence-corrected chi connectivity index (χ2v) is 5.45. The minimum Gasteiger partial charge on any atom is -0.456 e. The quantitative estimate of drug-likeness (QED) is 0.503. The van der Waals surface area contributed by atoms with Crippen LogP contribution >= 0.6 is 0 Å². The zero-order chi connectivity index (χ0) is 15.0. The molecule has 0 amide bonds. The van der Waals surface area contributed by atoms with Crippen molar-refractivity contribution in [3.63, 3.8) is 0 Å². The number of guanidine groups is 1. The summed E-state index contributed by atoms with van der Waals surface area (Å²) in [6.45, 7) is 0. The average molecular weight is 281 g/mol. The molecule has 4 nitrogen and oxygen atoms in total. The molecule has 1 aromatic heterocycles. The standard InChI is InChI=1S/C17H19N3O/c1-19(2)17(20(3)4)18-13-9-7-11-15-16(13)12-8-5-6-10-14(12)21-15/h5-11H,1-4H3. The molecule has 3 aromatic rings. The SMILES string of the molecule is CN(C)C(=Nc1cccc2oc3ccccc3c12)N(C)C. The lowest BCUT2D eigenvalue weighted by Gasteiger charge is -2.22. The molecule has 0 radical (unpaired) electrons. The maximum absolute atomic E-state index is 5.90. The van der Waals surface area contributed by atoms with Crippen LogP contribution < -0.4 is 0 Å². The van der Waals surface area contributed by atoms with Crippen LogP contribution in [0.25, 0.3) is 21.9 Å². The van der Waals surface area contributed by atoms with E-state index in [9.17, 15) is 0 Å². The van der Waals surface area contributed by atoms with E-state index < -0.39 is 0 Å². The van der Waals surface area contributed by atoms with Gasteiger partial charge in [-0.1, -0.05) is 24.3 Å². The molecule has 0 aliphatic rings. The third-order valence-electron chi connectivity index (χ3n) is 3.40. The first kappa shape index (κ1) is 13.5. The Balaban J connectivity index is 2.30. The molecule has 1 heterocycles. The summed E-state index contributed by atoms with van der Waals surface area (Å²) in [7, 11) is 7.97. The summed E-state index contributed by atoms with van der Waals surface area (Å²) in [5, 5.41) is 2.16. The van der Waals surface area contributed by atoms with Gasteiger partial charge in [0.25, 0.3) is 0 Å². The number of rotatable bonds is 1. The molecule has 4 heteroatoms. The molecule has 0 atom stereocenters. The van der Waals surface area contributed by atoms with Gasteiger partial charge in [-0.05, 0) is 18.2 Å². The maximum atomic E-state index is 5.90. The summed E-state index contributed by atoms with van der Waals surface area (Å²) in [6, 6.07) is 14.1. The zero-order valence-corrected chi connectivity index (χ0v) is 12.8. The van der Waals surface area contributed by atoms with Gasteiger partial charge in [0, 0.05) is 33.6 Å². The highest BCUT2D eigenvalue weighted by Gasteiger charge is 2.12. The lowest BCUT2D eigenvalue weighted by molar-refractivity contribution is 0.484. The molecular weight excluding hydrogens is 262 g/mol. The minimum absolute atomic E-state index is 0.870. The Kier molecular flexibility index (Phi) is 3.29. The minimum atomic E-state index is 0.870. The Hall–Kier alpha value is -2.49. The van der Waals surface area contributed by atoms with Crippen molar-refractivity contribution in [3.05, 3.63) is 42.5 Å². The van der Waals surface area contributed by atoms with Crippen LogP contribution in [0.2, 0.25) is 0 Å². The van der Waals surface area contributed by atoms with Gasteiger partial charge in [-0.25, -0.2) is 4.99 Å². The molecule has 0 fully saturated rings. The van der Waals surface area contributed by atoms with Gasteiger partial charge in [-0.15, -0.1) is 0 Å². The Bertz CT molecular complexity index is 805. The van der Waals surface area contributed by atoms with E-state index in [1.165, 1.54) is 0 Å². The third kappa shape index (κ3) is 2.33. The molecule has 0 aliphatic carbocycles. The second kappa shape index (κ2) is 5.13. The average Bonchev–Trinajstić information content (AvgIpc) is 2.83. The van der Waals surface area contributed by atoms with Crippen LogP contribution in [-0.2, 0) is 0 Å². The van der Waals surface area contributed by atoms with Gasteiger partial charge in [0.05, 0.1) is 11.1 Å². The largest absolute Gasteiger partial charge is 0.456 e. The lowest BCUT2D eigenvalue weighted by atomic mass is 10.1. The highest BCUT2D eigenvalue weighted by molar-refractivity contribution is 6.11. The van der Waals surface area contributed by atoms with Gasteiger partial charge >= 0.3 is 0 Å². The summed E-state index contributed by atoms with van der Waals surface area (Å²) in [5.41, 5.74) is 2.69. The highest BCUT2D eigenvalue weighted by Crippen LogP contribution is 2.35. The first-order valence-electron chi connectivity index (χ1n) is 6.91. The van der Waals surface area contributed by atoms with Crippen LogP contribution in [0.1, 0.15) is 0 Å². The molecular formula is C17H19N3O. The molecule has 0 N–H and O–H groups in total. The molecule has 2 aromatic carbocycles. The lowest BCUT2D eigenvalue weighted by Crippen LogP contribution is -2.35. The second-order valence-electron chi connectivity index (χ2n) is 5.45. The number of benzene rings is 2. The number of fused-ring (bicyclic) bond motifs is 3. The van der Waals surface area contributed by atoms with Gasteiger partial charge in [-0.3, -0.25) is 0 Å². The molecule has 0 saturated carbocycles. The van der Waals surface area contributed by atoms with Gasteiger partial charge in [0.2, 0.25) is 5.96 Å². The van der Waals surface area contributed by atoms with E-state index in [0.29, 0.717) is 0 Å². The van der Waals surface area contributed by atoms with E-state index in [2.05, 4.69) is 6.07 Å². The van der Waals surface area contributed by atoms with E-state index in [1.54, 1.807) is 0 Å². The van der Waals surface area contributed by atoms with E-state index in [1.807, 2.05) is 74.4 Å². The summed E-state index contributed by atoms with van der Waals surface area (Å²) in [5.74, 6) is 0.896. The first-order valence-corrected chi connectivity index (χ1v) is 6.91. The third-order valence-corrected chi connectivity index (χ3v) is 3.40. The summed E-state index contributed by atoms with van der Waals surface area (Å²) >= 11 is 0. The van der Waals surface area contributed by atoms with Crippen LogP contribution in [0.3, 0.4) is 0 Å². The molecule has 0 aliphatic heterocycles. The summed E-state index contributed by atoms with van der Waals surface area (Å²) < 4.78 is 5.90. The van der Waals surface area contributed by atoms with E-state index >= 15 is 0 Å². The van der Waals surface area contributed by atoms with Gasteiger partial charge in [0.1, 0.15) is 11.2 Å². The summed E-state index contributed by atoms with van der Waals surface area (Å²) in [6.07, 6.45) is 0. The molecule has 21 heavy (non-hydrogen) atoms. The van der Waals surface area contributed by atoms with Crippen LogP contribution in [0.4, 0.5) is 5.69 Å². The Morgan fingerprint density at radius 3 is 2.24 bits per heavy atom. The maximum Gasteiger partial charge on any atom is 0.200 e. The van der Waals surface area contributed by atoms with Gasteiger partial charge in [-0.2, -0.15) is 0 Å². The fourth-order valence-electron chi connectivity index (χ4n) is 2.56. The van der Waals surface area contributed by atoms with Crippen molar-refractivity contribution in [1.29, 1.82) is 0 Å². The predicted octanol–water partition coefficient (Wildman–Crippen LogP) is 3.70. The molecule has 0 saturated heterocycles. The zero-order valence-electron chi connectivity index (χ0n) is 12.8. The summed E-state index contributed by atoms with van der Waals surface area (Å²) in [4.78, 5) is 8.82. The van der Waals surface area contributed by atoms with Crippen LogP contribution in [0.5, 0.6) is 0 Å². The van der Waals surface area contributed by atoms with Crippen molar-refractivity contribution in [2.45, 2.75) is 0 Å².